The lowest BCUT2D eigenvalue weighted by atomic mass is 10.2. The summed E-state index contributed by atoms with van der Waals surface area (Å²) < 4.78 is 0. The SMILES string of the molecule is CCCNC1CCN(Cc2ccc(Cl)cc2)C1=O. The van der Waals surface area contributed by atoms with Crippen molar-refractivity contribution in [3.8, 4) is 0 Å². The number of benzene rings is 1. The molecule has 0 aliphatic carbocycles. The van der Waals surface area contributed by atoms with Crippen LogP contribution >= 0.6 is 11.6 Å². The molecule has 1 atom stereocenters. The van der Waals surface area contributed by atoms with Crippen LogP contribution in [0.1, 0.15) is 25.3 Å². The lowest BCUT2D eigenvalue weighted by molar-refractivity contribution is -0.129. The van der Waals surface area contributed by atoms with Crippen LogP contribution in [0.25, 0.3) is 0 Å². The first kappa shape index (κ1) is 13.4. The normalized spacial score (nSPS) is 19.6. The minimum atomic E-state index is 0.0113. The third-order valence-corrected chi connectivity index (χ3v) is 3.48. The lowest BCUT2D eigenvalue weighted by Gasteiger charge is -2.17. The van der Waals surface area contributed by atoms with Crippen molar-refractivity contribution in [3.05, 3.63) is 34.9 Å². The van der Waals surface area contributed by atoms with E-state index in [-0.39, 0.29) is 11.9 Å². The van der Waals surface area contributed by atoms with Crippen LogP contribution < -0.4 is 5.32 Å². The van der Waals surface area contributed by atoms with Crippen LogP contribution in [-0.2, 0) is 11.3 Å². The molecule has 0 radical (unpaired) electrons. The number of nitrogens with zero attached hydrogens (tertiary/aromatic N) is 1. The Morgan fingerprint density at radius 2 is 2.11 bits per heavy atom. The molecule has 1 aliphatic heterocycles. The zero-order valence-electron chi connectivity index (χ0n) is 10.7. The smallest absolute Gasteiger partial charge is 0.240 e. The number of rotatable bonds is 5. The molecule has 1 fully saturated rings. The maximum atomic E-state index is 12.1. The minimum Gasteiger partial charge on any atom is -0.337 e. The van der Waals surface area contributed by atoms with Crippen molar-refractivity contribution in [1.82, 2.24) is 10.2 Å². The fraction of sp³-hybridized carbons (Fsp3) is 0.500. The Hall–Kier alpha value is -1.06. The van der Waals surface area contributed by atoms with Gasteiger partial charge in [0.25, 0.3) is 0 Å². The molecule has 0 bridgehead atoms. The molecule has 0 aromatic heterocycles. The van der Waals surface area contributed by atoms with Crippen molar-refractivity contribution >= 4 is 17.5 Å². The van der Waals surface area contributed by atoms with E-state index in [9.17, 15) is 4.79 Å². The highest BCUT2D eigenvalue weighted by molar-refractivity contribution is 6.30. The zero-order chi connectivity index (χ0) is 13.0. The monoisotopic (exact) mass is 266 g/mol. The summed E-state index contributed by atoms with van der Waals surface area (Å²) in [7, 11) is 0. The van der Waals surface area contributed by atoms with E-state index in [1.54, 1.807) is 0 Å². The Balaban J connectivity index is 1.91. The summed E-state index contributed by atoms with van der Waals surface area (Å²) in [6.45, 7) is 4.53. The molecule has 18 heavy (non-hydrogen) atoms. The van der Waals surface area contributed by atoms with E-state index in [2.05, 4.69) is 12.2 Å². The fourth-order valence-electron chi connectivity index (χ4n) is 2.21. The number of halogens is 1. The molecule has 1 amide bonds. The summed E-state index contributed by atoms with van der Waals surface area (Å²) in [5.41, 5.74) is 1.13. The third kappa shape index (κ3) is 3.24. The maximum Gasteiger partial charge on any atom is 0.240 e. The number of hydrogen-bond donors (Lipinski definition) is 1. The highest BCUT2D eigenvalue weighted by Crippen LogP contribution is 2.16. The Kier molecular flexibility index (Phi) is 4.61. The number of nitrogens with one attached hydrogen (secondary N) is 1. The van der Waals surface area contributed by atoms with Crippen molar-refractivity contribution in [2.45, 2.75) is 32.4 Å². The van der Waals surface area contributed by atoms with Gasteiger partial charge < -0.3 is 10.2 Å². The summed E-state index contributed by atoms with van der Waals surface area (Å²) in [5.74, 6) is 0.221. The molecule has 1 aromatic carbocycles. The van der Waals surface area contributed by atoms with E-state index in [1.807, 2.05) is 29.2 Å². The molecule has 2 rings (SSSR count). The summed E-state index contributed by atoms with van der Waals surface area (Å²) >= 11 is 5.85. The predicted octanol–water partition coefficient (Wildman–Crippen LogP) is 2.44. The van der Waals surface area contributed by atoms with Gasteiger partial charge in [-0.3, -0.25) is 4.79 Å². The van der Waals surface area contributed by atoms with Crippen LogP contribution in [-0.4, -0.2) is 29.9 Å². The largest absolute Gasteiger partial charge is 0.337 e. The first-order valence-electron chi connectivity index (χ1n) is 6.47. The van der Waals surface area contributed by atoms with Gasteiger partial charge in [-0.1, -0.05) is 30.7 Å². The lowest BCUT2D eigenvalue weighted by Crippen LogP contribution is -2.38. The number of carbonyl (C=O) groups is 1. The van der Waals surface area contributed by atoms with Gasteiger partial charge in [0.1, 0.15) is 0 Å². The highest BCUT2D eigenvalue weighted by atomic mass is 35.5. The second-order valence-electron chi connectivity index (χ2n) is 4.68. The maximum absolute atomic E-state index is 12.1. The van der Waals surface area contributed by atoms with E-state index in [1.165, 1.54) is 0 Å². The number of hydrogen-bond acceptors (Lipinski definition) is 2. The van der Waals surface area contributed by atoms with Crippen LogP contribution in [0.3, 0.4) is 0 Å². The van der Waals surface area contributed by atoms with E-state index in [0.717, 1.165) is 36.5 Å². The summed E-state index contributed by atoms with van der Waals surface area (Å²) in [6.07, 6.45) is 1.97. The van der Waals surface area contributed by atoms with Crippen LogP contribution in [0, 0.1) is 0 Å². The molecule has 4 heteroatoms. The topological polar surface area (TPSA) is 32.3 Å². The molecule has 98 valence electrons. The highest BCUT2D eigenvalue weighted by Gasteiger charge is 2.30. The second-order valence-corrected chi connectivity index (χ2v) is 5.12. The third-order valence-electron chi connectivity index (χ3n) is 3.22. The van der Waals surface area contributed by atoms with Crippen molar-refractivity contribution < 1.29 is 4.79 Å². The van der Waals surface area contributed by atoms with Crippen molar-refractivity contribution in [1.29, 1.82) is 0 Å². The minimum absolute atomic E-state index is 0.0113. The van der Waals surface area contributed by atoms with Gasteiger partial charge >= 0.3 is 0 Å². The van der Waals surface area contributed by atoms with Crippen molar-refractivity contribution in [3.63, 3.8) is 0 Å². The molecule has 1 heterocycles. The van der Waals surface area contributed by atoms with Crippen LogP contribution in [0.15, 0.2) is 24.3 Å². The Morgan fingerprint density at radius 3 is 2.78 bits per heavy atom. The number of likely N-dealkylation sites (tertiary alicyclic amines) is 1. The fourth-order valence-corrected chi connectivity index (χ4v) is 2.34. The van der Waals surface area contributed by atoms with Gasteiger partial charge in [-0.25, -0.2) is 0 Å². The molecule has 0 saturated carbocycles. The van der Waals surface area contributed by atoms with E-state index < -0.39 is 0 Å². The van der Waals surface area contributed by atoms with Gasteiger partial charge in [-0.15, -0.1) is 0 Å². The summed E-state index contributed by atoms with van der Waals surface area (Å²) in [4.78, 5) is 14.0. The Morgan fingerprint density at radius 1 is 1.39 bits per heavy atom. The zero-order valence-corrected chi connectivity index (χ0v) is 11.4. The van der Waals surface area contributed by atoms with Gasteiger partial charge in [-0.05, 0) is 37.1 Å². The molecular weight excluding hydrogens is 248 g/mol. The second kappa shape index (κ2) is 6.21. The van der Waals surface area contributed by atoms with Gasteiger partial charge in [0.15, 0.2) is 0 Å². The molecule has 1 unspecified atom stereocenters. The first-order valence-corrected chi connectivity index (χ1v) is 6.85. The van der Waals surface area contributed by atoms with Crippen molar-refractivity contribution in [2.24, 2.45) is 0 Å². The van der Waals surface area contributed by atoms with E-state index >= 15 is 0 Å². The van der Waals surface area contributed by atoms with Gasteiger partial charge in [0.2, 0.25) is 5.91 Å². The first-order chi connectivity index (χ1) is 8.70. The Bertz CT molecular complexity index is 405. The van der Waals surface area contributed by atoms with Crippen LogP contribution in [0.2, 0.25) is 5.02 Å². The van der Waals surface area contributed by atoms with Gasteiger partial charge in [-0.2, -0.15) is 0 Å². The quantitative estimate of drug-likeness (QED) is 0.888. The molecule has 3 nitrogen and oxygen atoms in total. The molecule has 1 aliphatic rings. The van der Waals surface area contributed by atoms with Crippen LogP contribution in [0.4, 0.5) is 0 Å². The van der Waals surface area contributed by atoms with E-state index in [0.29, 0.717) is 6.54 Å². The molecule has 1 aromatic rings. The molecule has 1 N–H and O–H groups in total. The van der Waals surface area contributed by atoms with Gasteiger partial charge in [0.05, 0.1) is 6.04 Å². The number of carbonyl (C=O) groups excluding carboxylic acids is 1. The van der Waals surface area contributed by atoms with Gasteiger partial charge in [0, 0.05) is 18.1 Å². The standard InChI is InChI=1S/C14H19ClN2O/c1-2-8-16-13-7-9-17(14(13)18)10-11-3-5-12(15)6-4-11/h3-6,13,16H,2,7-10H2,1H3. The average molecular weight is 267 g/mol. The average Bonchev–Trinajstić information content (AvgIpc) is 2.71. The summed E-state index contributed by atoms with van der Waals surface area (Å²) in [6, 6.07) is 7.69. The Labute approximate surface area is 113 Å². The molecule has 1 saturated heterocycles. The van der Waals surface area contributed by atoms with Crippen LogP contribution in [0.5, 0.6) is 0 Å². The van der Waals surface area contributed by atoms with E-state index in [4.69, 9.17) is 11.6 Å². The predicted molar refractivity (Wildman–Crippen MR) is 73.6 cm³/mol. The number of amides is 1. The molecular formula is C14H19ClN2O. The van der Waals surface area contributed by atoms with Crippen molar-refractivity contribution in [2.75, 3.05) is 13.1 Å². The molecule has 0 spiro atoms. The summed E-state index contributed by atoms with van der Waals surface area (Å²) in [5, 5.41) is 4.02.